The van der Waals surface area contributed by atoms with Crippen LogP contribution in [0.1, 0.15) is 72.6 Å². The Morgan fingerprint density at radius 1 is 1.10 bits per heavy atom. The summed E-state index contributed by atoms with van der Waals surface area (Å²) in [4.78, 5) is 14.7. The first-order valence-electron chi connectivity index (χ1n) is 8.70. The number of nitrogens with zero attached hydrogens (tertiary/aromatic N) is 1. The second kappa shape index (κ2) is 6.28. The van der Waals surface area contributed by atoms with Crippen LogP contribution in [-0.4, -0.2) is 34.6 Å². The zero-order chi connectivity index (χ0) is 15.7. The van der Waals surface area contributed by atoms with Gasteiger partial charge in [-0.25, -0.2) is 0 Å². The average Bonchev–Trinajstić information content (AvgIpc) is 2.58. The Morgan fingerprint density at radius 2 is 1.71 bits per heavy atom. The summed E-state index contributed by atoms with van der Waals surface area (Å²) in [5.41, 5.74) is -0.214. The number of amides is 1. The topological polar surface area (TPSA) is 40.5 Å². The Hall–Kier alpha value is -0.570. The van der Waals surface area contributed by atoms with Gasteiger partial charge in [0.1, 0.15) is 0 Å². The van der Waals surface area contributed by atoms with Gasteiger partial charge in [-0.15, -0.1) is 0 Å². The number of hydrogen-bond acceptors (Lipinski definition) is 2. The summed E-state index contributed by atoms with van der Waals surface area (Å²) in [7, 11) is 0. The molecular weight excluding hydrogens is 262 g/mol. The molecule has 122 valence electrons. The largest absolute Gasteiger partial charge is 0.390 e. The van der Waals surface area contributed by atoms with Crippen LogP contribution in [0.3, 0.4) is 0 Å². The maximum atomic E-state index is 12.7. The fourth-order valence-corrected chi connectivity index (χ4v) is 3.95. The number of rotatable bonds is 1. The minimum atomic E-state index is -0.584. The molecule has 0 spiro atoms. The summed E-state index contributed by atoms with van der Waals surface area (Å²) >= 11 is 0. The van der Waals surface area contributed by atoms with Crippen LogP contribution in [0.15, 0.2) is 0 Å². The van der Waals surface area contributed by atoms with E-state index in [1.807, 2.05) is 11.8 Å². The van der Waals surface area contributed by atoms with Gasteiger partial charge in [-0.3, -0.25) is 4.79 Å². The van der Waals surface area contributed by atoms with Gasteiger partial charge >= 0.3 is 0 Å². The Morgan fingerprint density at radius 3 is 2.29 bits per heavy atom. The lowest BCUT2D eigenvalue weighted by Gasteiger charge is -2.37. The third kappa shape index (κ3) is 4.45. The minimum Gasteiger partial charge on any atom is -0.390 e. The Labute approximate surface area is 130 Å². The van der Waals surface area contributed by atoms with E-state index in [2.05, 4.69) is 20.8 Å². The first-order chi connectivity index (χ1) is 9.69. The van der Waals surface area contributed by atoms with Crippen LogP contribution >= 0.6 is 0 Å². The van der Waals surface area contributed by atoms with E-state index >= 15 is 0 Å². The predicted octanol–water partition coefficient (Wildman–Crippen LogP) is 3.60. The first kappa shape index (κ1) is 16.8. The van der Waals surface area contributed by atoms with Crippen LogP contribution in [0.5, 0.6) is 0 Å². The molecule has 21 heavy (non-hydrogen) atoms. The first-order valence-corrected chi connectivity index (χ1v) is 8.70. The lowest BCUT2D eigenvalue weighted by atomic mass is 9.69. The molecule has 2 aliphatic rings. The Bertz CT molecular complexity index is 362. The van der Waals surface area contributed by atoms with Crippen molar-refractivity contribution in [2.45, 2.75) is 78.2 Å². The highest BCUT2D eigenvalue weighted by molar-refractivity contribution is 5.79. The van der Waals surface area contributed by atoms with E-state index in [1.165, 1.54) is 12.8 Å². The van der Waals surface area contributed by atoms with Crippen molar-refractivity contribution in [3.63, 3.8) is 0 Å². The smallest absolute Gasteiger partial charge is 0.225 e. The van der Waals surface area contributed by atoms with Crippen molar-refractivity contribution in [2.75, 3.05) is 13.1 Å². The third-order valence-electron chi connectivity index (χ3n) is 5.68. The van der Waals surface area contributed by atoms with Gasteiger partial charge in [0.15, 0.2) is 0 Å². The van der Waals surface area contributed by atoms with E-state index in [1.54, 1.807) is 0 Å². The van der Waals surface area contributed by atoms with Crippen LogP contribution in [0, 0.1) is 17.3 Å². The summed E-state index contributed by atoms with van der Waals surface area (Å²) in [6.45, 7) is 10.4. The zero-order valence-electron chi connectivity index (χ0n) is 14.3. The molecule has 1 saturated heterocycles. The van der Waals surface area contributed by atoms with Crippen molar-refractivity contribution in [3.8, 4) is 0 Å². The van der Waals surface area contributed by atoms with E-state index in [-0.39, 0.29) is 5.92 Å². The van der Waals surface area contributed by atoms with Gasteiger partial charge in [0.25, 0.3) is 0 Å². The monoisotopic (exact) mass is 295 g/mol. The van der Waals surface area contributed by atoms with Crippen LogP contribution in [0.25, 0.3) is 0 Å². The molecule has 2 fully saturated rings. The molecule has 3 heteroatoms. The van der Waals surface area contributed by atoms with Crippen molar-refractivity contribution >= 4 is 5.91 Å². The molecule has 1 heterocycles. The van der Waals surface area contributed by atoms with E-state index in [0.29, 0.717) is 11.3 Å². The highest BCUT2D eigenvalue weighted by atomic mass is 16.3. The molecule has 1 amide bonds. The van der Waals surface area contributed by atoms with Crippen molar-refractivity contribution in [2.24, 2.45) is 17.3 Å². The van der Waals surface area contributed by atoms with E-state index in [0.717, 1.165) is 51.1 Å². The van der Waals surface area contributed by atoms with Gasteiger partial charge in [0.2, 0.25) is 5.91 Å². The van der Waals surface area contributed by atoms with Crippen LogP contribution in [0.4, 0.5) is 0 Å². The molecule has 0 aromatic carbocycles. The summed E-state index contributed by atoms with van der Waals surface area (Å²) in [6.07, 6.45) is 6.93. The standard InChI is InChI=1S/C18H33NO2/c1-17(2,3)15-8-6-14(7-9-15)16(20)19-12-5-10-18(4,21)11-13-19/h14-15,21H,5-13H2,1-4H3. The highest BCUT2D eigenvalue weighted by Crippen LogP contribution is 2.40. The molecule has 3 nitrogen and oxygen atoms in total. The van der Waals surface area contributed by atoms with Crippen molar-refractivity contribution in [1.29, 1.82) is 0 Å². The number of hydrogen-bond donors (Lipinski definition) is 1. The molecular formula is C18H33NO2. The fraction of sp³-hybridized carbons (Fsp3) is 0.944. The molecule has 1 N–H and O–H groups in total. The summed E-state index contributed by atoms with van der Waals surface area (Å²) < 4.78 is 0. The zero-order valence-corrected chi connectivity index (χ0v) is 14.3. The quantitative estimate of drug-likeness (QED) is 0.803. The molecule has 1 atom stereocenters. The van der Waals surface area contributed by atoms with Crippen molar-refractivity contribution < 1.29 is 9.90 Å². The normalized spacial score (nSPS) is 35.4. The van der Waals surface area contributed by atoms with Gasteiger partial charge in [0.05, 0.1) is 5.60 Å². The average molecular weight is 295 g/mol. The van der Waals surface area contributed by atoms with Crippen LogP contribution in [-0.2, 0) is 4.79 Å². The Kier molecular flexibility index (Phi) is 5.02. The Balaban J connectivity index is 1.87. The molecule has 0 radical (unpaired) electrons. The van der Waals surface area contributed by atoms with Gasteiger partial charge in [-0.05, 0) is 63.2 Å². The van der Waals surface area contributed by atoms with Gasteiger partial charge in [-0.1, -0.05) is 20.8 Å². The molecule has 1 aliphatic heterocycles. The molecule has 1 aliphatic carbocycles. The van der Waals surface area contributed by atoms with E-state index in [9.17, 15) is 9.90 Å². The lowest BCUT2D eigenvalue weighted by Crippen LogP contribution is -2.40. The molecule has 1 unspecified atom stereocenters. The van der Waals surface area contributed by atoms with E-state index in [4.69, 9.17) is 0 Å². The van der Waals surface area contributed by atoms with Gasteiger partial charge in [0, 0.05) is 19.0 Å². The number of aliphatic hydroxyl groups is 1. The summed E-state index contributed by atoms with van der Waals surface area (Å²) in [5, 5.41) is 10.2. The molecule has 0 aromatic rings. The summed E-state index contributed by atoms with van der Waals surface area (Å²) in [5.74, 6) is 1.33. The SMILES string of the molecule is CC1(O)CCCN(C(=O)C2CCC(C(C)(C)C)CC2)CC1. The second-order valence-electron chi connectivity index (χ2n) is 8.59. The lowest BCUT2D eigenvalue weighted by molar-refractivity contribution is -0.137. The molecule has 0 bridgehead atoms. The number of likely N-dealkylation sites (tertiary alicyclic amines) is 1. The van der Waals surface area contributed by atoms with Crippen molar-refractivity contribution in [3.05, 3.63) is 0 Å². The number of carbonyl (C=O) groups excluding carboxylic acids is 1. The fourth-order valence-electron chi connectivity index (χ4n) is 3.95. The predicted molar refractivity (Wildman–Crippen MR) is 86.0 cm³/mol. The van der Waals surface area contributed by atoms with Gasteiger partial charge < -0.3 is 10.0 Å². The maximum absolute atomic E-state index is 12.7. The van der Waals surface area contributed by atoms with E-state index < -0.39 is 5.60 Å². The molecule has 0 aromatic heterocycles. The minimum absolute atomic E-state index is 0.228. The molecule has 2 rings (SSSR count). The highest BCUT2D eigenvalue weighted by Gasteiger charge is 2.35. The maximum Gasteiger partial charge on any atom is 0.225 e. The van der Waals surface area contributed by atoms with Gasteiger partial charge in [-0.2, -0.15) is 0 Å². The summed E-state index contributed by atoms with van der Waals surface area (Å²) in [6, 6.07) is 0. The number of carbonyl (C=O) groups is 1. The van der Waals surface area contributed by atoms with Crippen LogP contribution in [0.2, 0.25) is 0 Å². The molecule has 1 saturated carbocycles. The van der Waals surface area contributed by atoms with Crippen LogP contribution < -0.4 is 0 Å². The van der Waals surface area contributed by atoms with Crippen molar-refractivity contribution in [1.82, 2.24) is 4.90 Å². The third-order valence-corrected chi connectivity index (χ3v) is 5.68. The second-order valence-corrected chi connectivity index (χ2v) is 8.59.